The van der Waals surface area contributed by atoms with Crippen molar-refractivity contribution in [3.63, 3.8) is 0 Å². The van der Waals surface area contributed by atoms with Crippen molar-refractivity contribution >= 4 is 40.6 Å². The van der Waals surface area contributed by atoms with Crippen LogP contribution in [0.2, 0.25) is 36.3 Å². The Balaban J connectivity index is 0.000000405. The normalized spacial score (nSPS) is 21.8. The number of aryl methyl sites for hydroxylation is 2. The number of fused-ring (bicyclic) bond motifs is 2. The molecule has 412 valence electrons. The number of benzene rings is 2. The van der Waals surface area contributed by atoms with E-state index < -0.39 is 58.9 Å². The molecule has 2 aromatic rings. The van der Waals surface area contributed by atoms with Gasteiger partial charge < -0.3 is 33.3 Å². The number of hydrogen-bond acceptors (Lipinski definition) is 11. The van der Waals surface area contributed by atoms with Crippen molar-refractivity contribution in [2.75, 3.05) is 6.61 Å². The highest BCUT2D eigenvalue weighted by molar-refractivity contribution is 6.75. The molecule has 0 aromatic heterocycles. The number of nitrogens with one attached hydrogen (secondary N) is 1. The molecule has 2 amide bonds. The molecule has 0 saturated heterocycles. The molecule has 0 unspecified atom stereocenters. The summed E-state index contributed by atoms with van der Waals surface area (Å²) < 4.78 is 30.7. The summed E-state index contributed by atoms with van der Waals surface area (Å²) in [6.07, 6.45) is 15.0. The molecule has 0 spiro atoms. The van der Waals surface area contributed by atoms with E-state index >= 15 is 0 Å². The highest BCUT2D eigenvalue weighted by Gasteiger charge is 2.42. The molecular weight excluding hydrogens is 973 g/mol. The van der Waals surface area contributed by atoms with Crippen LogP contribution in [0.25, 0.3) is 10.4 Å². The topological polar surface area (TPSA) is 216 Å². The van der Waals surface area contributed by atoms with E-state index in [2.05, 4.69) is 96.9 Å². The van der Waals surface area contributed by atoms with E-state index in [0.29, 0.717) is 43.6 Å². The van der Waals surface area contributed by atoms with E-state index in [-0.39, 0.29) is 45.8 Å². The Kier molecular flexibility index (Phi) is 25.7. The predicted octanol–water partition coefficient (Wildman–Crippen LogP) is 14.4. The van der Waals surface area contributed by atoms with Crippen molar-refractivity contribution in [1.82, 2.24) is 5.32 Å². The van der Waals surface area contributed by atoms with Crippen LogP contribution in [-0.2, 0) is 36.3 Å². The van der Waals surface area contributed by atoms with Crippen LogP contribution in [-0.4, -0.2) is 81.8 Å². The molecule has 17 heteroatoms. The summed E-state index contributed by atoms with van der Waals surface area (Å²) in [7, 11) is -4.36. The Morgan fingerprint density at radius 1 is 0.811 bits per heavy atom. The van der Waals surface area contributed by atoms with Crippen molar-refractivity contribution in [2.45, 2.75) is 219 Å². The predicted molar refractivity (Wildman–Crippen MR) is 297 cm³/mol. The molecule has 0 saturated carbocycles. The number of phenols is 1. The number of aliphatic hydroxyl groups excluding tert-OH is 1. The Morgan fingerprint density at radius 2 is 1.38 bits per heavy atom. The lowest BCUT2D eigenvalue weighted by Crippen LogP contribution is -2.46. The molecule has 2 heterocycles. The molecule has 0 radical (unpaired) electrons. The number of unbranched alkanes of at least 4 members (excludes halogenated alkanes) is 2. The molecule has 2 aliphatic rings. The van der Waals surface area contributed by atoms with Gasteiger partial charge in [-0.15, -0.1) is 0 Å². The van der Waals surface area contributed by atoms with Crippen LogP contribution in [0.15, 0.2) is 65.9 Å². The van der Waals surface area contributed by atoms with Gasteiger partial charge in [0.1, 0.15) is 34.8 Å². The van der Waals surface area contributed by atoms with E-state index in [1.807, 2.05) is 31.2 Å². The third-order valence-corrected chi connectivity index (χ3v) is 24.0. The number of cyclic esters (lactones) is 2. The number of nitrogens with zero attached hydrogens (tertiary/aromatic N) is 3. The molecule has 0 aliphatic carbocycles. The molecule has 74 heavy (non-hydrogen) atoms. The average molecular weight is 1060 g/mol. The van der Waals surface area contributed by atoms with Crippen LogP contribution in [0.5, 0.6) is 11.5 Å². The number of phenolic OH excluding ortho intramolecular Hbond substituents is 1. The van der Waals surface area contributed by atoms with Gasteiger partial charge in [-0.05, 0) is 133 Å². The van der Waals surface area contributed by atoms with Crippen molar-refractivity contribution < 1.29 is 52.5 Å². The lowest BCUT2D eigenvalue weighted by Gasteiger charge is -2.42. The second-order valence-electron chi connectivity index (χ2n) is 23.2. The molecule has 0 fully saturated rings. The van der Waals surface area contributed by atoms with E-state index in [9.17, 15) is 29.4 Å². The quantitative estimate of drug-likeness (QED) is 0.0236. The number of aliphatic hydroxyl groups is 1. The molecule has 15 nitrogen and oxygen atoms in total. The van der Waals surface area contributed by atoms with Gasteiger partial charge in [-0.2, -0.15) is 0 Å². The number of hydrogen-bond donors (Lipinski definition) is 3. The number of azide groups is 1. The molecule has 0 bridgehead atoms. The second kappa shape index (κ2) is 30.0. The van der Waals surface area contributed by atoms with Gasteiger partial charge in [0.05, 0.1) is 18.8 Å². The number of alkyl carbamates (subject to hydrolysis) is 1. The summed E-state index contributed by atoms with van der Waals surface area (Å²) >= 11 is 0. The van der Waals surface area contributed by atoms with Crippen LogP contribution < -0.4 is 9.74 Å². The highest BCUT2D eigenvalue weighted by atomic mass is 28.4. The van der Waals surface area contributed by atoms with E-state index in [1.165, 1.54) is 18.3 Å². The van der Waals surface area contributed by atoms with Gasteiger partial charge in [0.15, 0.2) is 8.32 Å². The average Bonchev–Trinajstić information content (AvgIpc) is 3.30. The number of rotatable bonds is 14. The van der Waals surface area contributed by atoms with Crippen molar-refractivity contribution in [1.29, 1.82) is 0 Å². The first-order valence-electron chi connectivity index (χ1n) is 26.9. The zero-order chi connectivity index (χ0) is 55.3. The Labute approximate surface area is 444 Å². The number of carbonyl (C=O) groups is 4. The minimum atomic E-state index is -2.24. The maximum absolute atomic E-state index is 14.0. The molecular formula is C57H90N4O11Si2. The smallest absolute Gasteiger partial charge is 0.411 e. The third-order valence-electron chi connectivity index (χ3n) is 15.1. The molecule has 4 rings (SSSR count). The zero-order valence-electron chi connectivity index (χ0n) is 47.0. The summed E-state index contributed by atoms with van der Waals surface area (Å²) in [5.74, 6) is -0.870. The molecule has 3 N–H and O–H groups in total. The van der Waals surface area contributed by atoms with Crippen molar-refractivity contribution in [3.8, 4) is 11.5 Å². The van der Waals surface area contributed by atoms with E-state index in [4.69, 9.17) is 28.6 Å². The number of carbonyl (C=O) groups excluding carboxylic acids is 4. The van der Waals surface area contributed by atoms with Gasteiger partial charge in [-0.1, -0.05) is 124 Å². The van der Waals surface area contributed by atoms with Gasteiger partial charge in [-0.25, -0.2) is 14.4 Å². The minimum absolute atomic E-state index is 0.0269. The number of ether oxygens (including phenoxy) is 3. The van der Waals surface area contributed by atoms with Crippen LogP contribution in [0.4, 0.5) is 4.79 Å². The third kappa shape index (κ3) is 20.6. The fraction of sp³-hybridized carbons (Fsp3) is 0.649. The van der Waals surface area contributed by atoms with Gasteiger partial charge in [0.25, 0.3) is 8.32 Å². The van der Waals surface area contributed by atoms with Gasteiger partial charge in [0.2, 0.25) is 5.91 Å². The number of aromatic hydroxyl groups is 1. The van der Waals surface area contributed by atoms with Crippen molar-refractivity contribution in [2.24, 2.45) is 17.0 Å². The van der Waals surface area contributed by atoms with Gasteiger partial charge in [0, 0.05) is 36.8 Å². The lowest BCUT2D eigenvalue weighted by molar-refractivity contribution is -0.113. The summed E-state index contributed by atoms with van der Waals surface area (Å²) in [6.45, 7) is 28.7. The molecule has 6 atom stereocenters. The van der Waals surface area contributed by atoms with E-state index in [1.54, 1.807) is 18.2 Å². The van der Waals surface area contributed by atoms with Crippen LogP contribution in [0.1, 0.15) is 178 Å². The highest BCUT2D eigenvalue weighted by Crippen LogP contribution is 2.42. The number of amides is 2. The standard InChI is InChI=1S/C32H53N3O5Si2.C25H37NO6/c1-23-16-12-13-17-24-18-14-20-26(39-41(8,9)31(2,3)4)29(24)30(37)38-25(19-15-21-28(36)34-35-33)22-27(23)40-42(10,11)32(5,6)7;1-3-4-7-16-31-25(30)26-15-9-13-20-17-22(28)18(2)10-5-6-11-19-12-8-14-21(27)23(19)24(29)32-20/h14-15,18,20-21,23,25,27H,12-13,16-17,19,22H2,1-11H3;8-9,12,14-15,18,20,22,27-28H,3-7,10-11,13,16-17H2,1-2H3,(H,26,30)/b21-15+;15-9+/t23-,25-,27+;18-,20-,22+/m00/s1. The minimum Gasteiger partial charge on any atom is -0.543 e. The number of esters is 2. The van der Waals surface area contributed by atoms with Crippen molar-refractivity contribution in [3.05, 3.63) is 93.5 Å². The largest absolute Gasteiger partial charge is 0.543 e. The summed E-state index contributed by atoms with van der Waals surface area (Å²) in [5, 5.41) is 26.5. The molecule has 2 aliphatic heterocycles. The summed E-state index contributed by atoms with van der Waals surface area (Å²) in [4.78, 5) is 53.0. The first-order valence-corrected chi connectivity index (χ1v) is 32.8. The van der Waals surface area contributed by atoms with E-state index in [0.717, 1.165) is 75.3 Å². The molecule has 2 aromatic carbocycles. The second-order valence-corrected chi connectivity index (χ2v) is 32.7. The zero-order valence-corrected chi connectivity index (χ0v) is 49.0. The lowest BCUT2D eigenvalue weighted by atomic mass is 9.91. The maximum Gasteiger partial charge on any atom is 0.411 e. The summed E-state index contributed by atoms with van der Waals surface area (Å²) in [5.41, 5.74) is 11.0. The fourth-order valence-corrected chi connectivity index (χ4v) is 10.8. The maximum atomic E-state index is 14.0. The fourth-order valence-electron chi connectivity index (χ4n) is 8.32. The van der Waals surface area contributed by atoms with Crippen LogP contribution in [0.3, 0.4) is 0 Å². The Bertz CT molecular complexity index is 2250. The first-order chi connectivity index (χ1) is 34.7. The Hall–Kier alpha value is -4.94. The van der Waals surface area contributed by atoms with Crippen LogP contribution in [0, 0.1) is 11.8 Å². The Morgan fingerprint density at radius 3 is 1.99 bits per heavy atom. The SMILES string of the molecule is CCCCCOC(=O)N/C=C/C[C@H]1C[C@@H](O)[C@@H](C)CCCCc2cccc(O)c2C(=O)O1.C[C@H]1CCCCc2cccc(O[Si](C)(C)C(C)(C)C)c2C(=O)O[C@@H](C/C=C/C(=O)N=[N+]=[N-])C[C@H]1O[Si](C)(C)C(C)(C)C. The monoisotopic (exact) mass is 1060 g/mol. The first kappa shape index (κ1) is 63.4. The van der Waals surface area contributed by atoms with Gasteiger partial charge >= 0.3 is 18.0 Å². The van der Waals surface area contributed by atoms with Crippen LogP contribution >= 0.6 is 0 Å². The summed E-state index contributed by atoms with van der Waals surface area (Å²) in [6, 6.07) is 10.9. The van der Waals surface area contributed by atoms with Gasteiger partial charge in [-0.3, -0.25) is 10.1 Å².